The molecule has 2 saturated heterocycles. The van der Waals surface area contributed by atoms with Crippen molar-refractivity contribution >= 4 is 0 Å². The van der Waals surface area contributed by atoms with Crippen molar-refractivity contribution in [3.8, 4) is 0 Å². The van der Waals surface area contributed by atoms with Gasteiger partial charge < -0.3 is 20.3 Å². The van der Waals surface area contributed by atoms with Gasteiger partial charge in [0.25, 0.3) is 0 Å². The standard InChI is InChI=1S/C16H33N3O/c1-15(2)19-10-6-16(17,7-11-19)14-20-13-12-18-8-4-3-5-9-18/h15H,3-14,17H2,1-2H3. The molecule has 4 nitrogen and oxygen atoms in total. The van der Waals surface area contributed by atoms with E-state index in [0.29, 0.717) is 6.04 Å². The Bertz CT molecular complexity index is 269. The molecular weight excluding hydrogens is 250 g/mol. The molecule has 2 aliphatic heterocycles. The van der Waals surface area contributed by atoms with Crippen LogP contribution in [0.3, 0.4) is 0 Å². The van der Waals surface area contributed by atoms with Crippen LogP contribution in [0, 0.1) is 0 Å². The van der Waals surface area contributed by atoms with Crippen LogP contribution >= 0.6 is 0 Å². The van der Waals surface area contributed by atoms with Gasteiger partial charge >= 0.3 is 0 Å². The molecule has 0 radical (unpaired) electrons. The van der Waals surface area contributed by atoms with E-state index >= 15 is 0 Å². The molecule has 2 rings (SSSR count). The SMILES string of the molecule is CC(C)N1CCC(N)(COCCN2CCCCC2)CC1. The zero-order chi connectivity index (χ0) is 14.4. The second-order valence-corrected chi connectivity index (χ2v) is 6.95. The summed E-state index contributed by atoms with van der Waals surface area (Å²) in [7, 11) is 0. The van der Waals surface area contributed by atoms with E-state index < -0.39 is 0 Å². The third-order valence-corrected chi connectivity index (χ3v) is 4.91. The maximum atomic E-state index is 6.48. The zero-order valence-corrected chi connectivity index (χ0v) is 13.4. The first-order valence-corrected chi connectivity index (χ1v) is 8.42. The molecule has 118 valence electrons. The molecule has 20 heavy (non-hydrogen) atoms. The van der Waals surface area contributed by atoms with E-state index in [-0.39, 0.29) is 5.54 Å². The van der Waals surface area contributed by atoms with E-state index in [0.717, 1.165) is 45.7 Å². The number of hydrogen-bond acceptors (Lipinski definition) is 4. The average molecular weight is 283 g/mol. The van der Waals surface area contributed by atoms with Gasteiger partial charge in [-0.3, -0.25) is 0 Å². The lowest BCUT2D eigenvalue weighted by Gasteiger charge is -2.40. The van der Waals surface area contributed by atoms with Gasteiger partial charge in [-0.2, -0.15) is 0 Å². The van der Waals surface area contributed by atoms with Gasteiger partial charge in [0.2, 0.25) is 0 Å². The summed E-state index contributed by atoms with van der Waals surface area (Å²) in [6, 6.07) is 0.638. The fraction of sp³-hybridized carbons (Fsp3) is 1.00. The molecule has 0 spiro atoms. The summed E-state index contributed by atoms with van der Waals surface area (Å²) in [4.78, 5) is 5.03. The van der Waals surface area contributed by atoms with E-state index in [4.69, 9.17) is 10.5 Å². The van der Waals surface area contributed by atoms with Crippen LogP contribution in [-0.4, -0.2) is 67.3 Å². The lowest BCUT2D eigenvalue weighted by molar-refractivity contribution is 0.0307. The van der Waals surface area contributed by atoms with Crippen LogP contribution in [0.4, 0.5) is 0 Å². The number of ether oxygens (including phenoxy) is 1. The fourth-order valence-corrected chi connectivity index (χ4v) is 3.28. The van der Waals surface area contributed by atoms with Crippen molar-refractivity contribution in [1.29, 1.82) is 0 Å². The Morgan fingerprint density at radius 2 is 1.70 bits per heavy atom. The second-order valence-electron chi connectivity index (χ2n) is 6.95. The molecule has 0 bridgehead atoms. The van der Waals surface area contributed by atoms with Gasteiger partial charge in [0, 0.05) is 31.2 Å². The van der Waals surface area contributed by atoms with Crippen molar-refractivity contribution in [3.63, 3.8) is 0 Å². The van der Waals surface area contributed by atoms with Crippen molar-refractivity contribution in [1.82, 2.24) is 9.80 Å². The Kier molecular flexibility index (Phi) is 6.27. The Labute approximate surface area is 124 Å². The molecule has 2 N–H and O–H groups in total. The summed E-state index contributed by atoms with van der Waals surface area (Å²) in [5, 5.41) is 0. The number of nitrogens with two attached hydrogens (primary N) is 1. The third kappa shape index (κ3) is 4.99. The molecule has 0 amide bonds. The lowest BCUT2D eigenvalue weighted by atomic mass is 9.89. The summed E-state index contributed by atoms with van der Waals surface area (Å²) in [5.41, 5.74) is 6.39. The molecule has 0 aliphatic carbocycles. The molecule has 2 fully saturated rings. The molecule has 2 aliphatic rings. The van der Waals surface area contributed by atoms with E-state index in [2.05, 4.69) is 23.6 Å². The van der Waals surface area contributed by atoms with Crippen LogP contribution in [0.2, 0.25) is 0 Å². The van der Waals surface area contributed by atoms with Crippen molar-refractivity contribution < 1.29 is 4.74 Å². The normalized spacial score (nSPS) is 25.2. The average Bonchev–Trinajstić information content (AvgIpc) is 2.45. The zero-order valence-electron chi connectivity index (χ0n) is 13.4. The highest BCUT2D eigenvalue weighted by Crippen LogP contribution is 2.21. The number of hydrogen-bond donors (Lipinski definition) is 1. The summed E-state index contributed by atoms with van der Waals surface area (Å²) in [6.07, 6.45) is 6.23. The minimum Gasteiger partial charge on any atom is -0.378 e. The van der Waals surface area contributed by atoms with Gasteiger partial charge in [0.15, 0.2) is 0 Å². The van der Waals surface area contributed by atoms with E-state index in [9.17, 15) is 0 Å². The maximum Gasteiger partial charge on any atom is 0.0647 e. The van der Waals surface area contributed by atoms with Gasteiger partial charge in [-0.25, -0.2) is 0 Å². The number of rotatable bonds is 6. The molecule has 0 aromatic rings. The van der Waals surface area contributed by atoms with Crippen LogP contribution in [-0.2, 0) is 4.74 Å². The fourth-order valence-electron chi connectivity index (χ4n) is 3.28. The topological polar surface area (TPSA) is 41.7 Å². The molecule has 2 heterocycles. The summed E-state index contributed by atoms with van der Waals surface area (Å²) in [5.74, 6) is 0. The minimum atomic E-state index is -0.0900. The predicted octanol–water partition coefficient (Wildman–Crippen LogP) is 1.69. The molecule has 0 atom stereocenters. The lowest BCUT2D eigenvalue weighted by Crippen LogP contribution is -2.54. The Hall–Kier alpha value is -0.160. The molecule has 0 aromatic carbocycles. The minimum absolute atomic E-state index is 0.0900. The van der Waals surface area contributed by atoms with Crippen molar-refractivity contribution in [2.75, 3.05) is 45.9 Å². The van der Waals surface area contributed by atoms with Gasteiger partial charge in [-0.1, -0.05) is 6.42 Å². The third-order valence-electron chi connectivity index (χ3n) is 4.91. The highest BCUT2D eigenvalue weighted by molar-refractivity contribution is 4.91. The second kappa shape index (κ2) is 7.74. The van der Waals surface area contributed by atoms with Gasteiger partial charge in [0.1, 0.15) is 0 Å². The van der Waals surface area contributed by atoms with Gasteiger partial charge in [-0.05, 0) is 52.6 Å². The first-order valence-electron chi connectivity index (χ1n) is 8.42. The Morgan fingerprint density at radius 1 is 1.05 bits per heavy atom. The van der Waals surface area contributed by atoms with Gasteiger partial charge in [-0.15, -0.1) is 0 Å². The van der Waals surface area contributed by atoms with Crippen molar-refractivity contribution in [3.05, 3.63) is 0 Å². The first kappa shape index (κ1) is 16.2. The summed E-state index contributed by atoms with van der Waals surface area (Å²) >= 11 is 0. The number of piperidine rings is 2. The van der Waals surface area contributed by atoms with Crippen LogP contribution < -0.4 is 5.73 Å². The summed E-state index contributed by atoms with van der Waals surface area (Å²) in [6.45, 7) is 11.9. The largest absolute Gasteiger partial charge is 0.378 e. The smallest absolute Gasteiger partial charge is 0.0647 e. The van der Waals surface area contributed by atoms with Gasteiger partial charge in [0.05, 0.1) is 13.2 Å². The Balaban J connectivity index is 1.59. The Morgan fingerprint density at radius 3 is 2.30 bits per heavy atom. The molecular formula is C16H33N3O. The maximum absolute atomic E-state index is 6.48. The van der Waals surface area contributed by atoms with Crippen molar-refractivity contribution in [2.24, 2.45) is 5.73 Å². The highest BCUT2D eigenvalue weighted by atomic mass is 16.5. The molecule has 0 unspecified atom stereocenters. The van der Waals surface area contributed by atoms with E-state index in [1.54, 1.807) is 0 Å². The number of nitrogens with zero attached hydrogens (tertiary/aromatic N) is 2. The van der Waals surface area contributed by atoms with Crippen LogP contribution in [0.5, 0.6) is 0 Å². The monoisotopic (exact) mass is 283 g/mol. The molecule has 0 saturated carbocycles. The molecule has 4 heteroatoms. The highest BCUT2D eigenvalue weighted by Gasteiger charge is 2.31. The molecule has 0 aromatic heterocycles. The van der Waals surface area contributed by atoms with E-state index in [1.807, 2.05) is 0 Å². The number of likely N-dealkylation sites (tertiary alicyclic amines) is 2. The van der Waals surface area contributed by atoms with Crippen molar-refractivity contribution in [2.45, 2.75) is 57.5 Å². The first-order chi connectivity index (χ1) is 9.59. The van der Waals surface area contributed by atoms with E-state index in [1.165, 1.54) is 32.4 Å². The van der Waals surface area contributed by atoms with Crippen LogP contribution in [0.25, 0.3) is 0 Å². The van der Waals surface area contributed by atoms with Crippen LogP contribution in [0.1, 0.15) is 46.0 Å². The predicted molar refractivity (Wildman–Crippen MR) is 84.0 cm³/mol. The quantitative estimate of drug-likeness (QED) is 0.753. The summed E-state index contributed by atoms with van der Waals surface area (Å²) < 4.78 is 5.89. The van der Waals surface area contributed by atoms with Crippen LogP contribution in [0.15, 0.2) is 0 Å².